The summed E-state index contributed by atoms with van der Waals surface area (Å²) in [6.07, 6.45) is 2.08. The molecule has 0 saturated carbocycles. The summed E-state index contributed by atoms with van der Waals surface area (Å²) < 4.78 is 0. The molecule has 2 rings (SSSR count). The van der Waals surface area contributed by atoms with Crippen LogP contribution in [0.3, 0.4) is 0 Å². The summed E-state index contributed by atoms with van der Waals surface area (Å²) >= 11 is 0. The van der Waals surface area contributed by atoms with Crippen LogP contribution in [0.5, 0.6) is 0 Å². The smallest absolute Gasteiger partial charge is 0.324 e. The lowest BCUT2D eigenvalue weighted by atomic mass is 9.91. The molecule has 0 aromatic carbocycles. The summed E-state index contributed by atoms with van der Waals surface area (Å²) in [5.41, 5.74) is 6.06. The summed E-state index contributed by atoms with van der Waals surface area (Å²) in [7, 11) is 0. The standard InChI is InChI=1S/C12H22N4O2/c1-2-9-8-15(4-3-10(9)13)5-6-16-11(17)7-14-12(16)18/h9-10H,2-8,13H2,1H3,(H,14,18). The molecule has 3 N–H and O–H groups in total. The van der Waals surface area contributed by atoms with Gasteiger partial charge in [-0.1, -0.05) is 13.3 Å². The Hall–Kier alpha value is -1.14. The van der Waals surface area contributed by atoms with Crippen molar-refractivity contribution >= 4 is 11.9 Å². The van der Waals surface area contributed by atoms with Crippen LogP contribution in [-0.2, 0) is 4.79 Å². The van der Waals surface area contributed by atoms with E-state index in [2.05, 4.69) is 17.1 Å². The molecule has 2 aliphatic heterocycles. The van der Waals surface area contributed by atoms with Crippen molar-refractivity contribution in [3.05, 3.63) is 0 Å². The summed E-state index contributed by atoms with van der Waals surface area (Å²) in [4.78, 5) is 26.4. The first-order valence-corrected chi connectivity index (χ1v) is 6.68. The van der Waals surface area contributed by atoms with E-state index in [-0.39, 0.29) is 18.5 Å². The predicted octanol–water partition coefficient (Wildman–Crippen LogP) is -0.403. The number of carbonyl (C=O) groups excluding carboxylic acids is 2. The molecule has 6 heteroatoms. The van der Waals surface area contributed by atoms with Gasteiger partial charge in [-0.2, -0.15) is 0 Å². The highest BCUT2D eigenvalue weighted by Crippen LogP contribution is 2.18. The van der Waals surface area contributed by atoms with E-state index in [1.165, 1.54) is 4.90 Å². The van der Waals surface area contributed by atoms with Crippen LogP contribution in [0.1, 0.15) is 19.8 Å². The molecule has 2 atom stereocenters. The maximum Gasteiger partial charge on any atom is 0.324 e. The highest BCUT2D eigenvalue weighted by atomic mass is 16.2. The SMILES string of the molecule is CCC1CN(CCN2C(=O)CNC2=O)CCC1N. The molecular weight excluding hydrogens is 232 g/mol. The number of nitrogens with one attached hydrogen (secondary N) is 1. The lowest BCUT2D eigenvalue weighted by Gasteiger charge is -2.36. The monoisotopic (exact) mass is 254 g/mol. The van der Waals surface area contributed by atoms with Crippen LogP contribution >= 0.6 is 0 Å². The van der Waals surface area contributed by atoms with Crippen molar-refractivity contribution in [2.75, 3.05) is 32.7 Å². The lowest BCUT2D eigenvalue weighted by molar-refractivity contribution is -0.125. The Morgan fingerprint density at radius 1 is 1.39 bits per heavy atom. The van der Waals surface area contributed by atoms with Crippen molar-refractivity contribution in [1.29, 1.82) is 0 Å². The molecule has 2 unspecified atom stereocenters. The van der Waals surface area contributed by atoms with Gasteiger partial charge in [-0.15, -0.1) is 0 Å². The van der Waals surface area contributed by atoms with Gasteiger partial charge >= 0.3 is 6.03 Å². The maximum absolute atomic E-state index is 11.4. The molecule has 0 aromatic rings. The number of piperidine rings is 1. The Morgan fingerprint density at radius 3 is 2.78 bits per heavy atom. The number of rotatable bonds is 4. The van der Waals surface area contributed by atoms with E-state index < -0.39 is 0 Å². The highest BCUT2D eigenvalue weighted by Gasteiger charge is 2.30. The van der Waals surface area contributed by atoms with E-state index in [0.29, 0.717) is 18.5 Å². The molecule has 2 saturated heterocycles. The van der Waals surface area contributed by atoms with E-state index in [9.17, 15) is 9.59 Å². The van der Waals surface area contributed by atoms with E-state index in [0.717, 1.165) is 32.5 Å². The molecule has 0 bridgehead atoms. The number of carbonyl (C=O) groups is 2. The number of imide groups is 1. The second-order valence-corrected chi connectivity index (χ2v) is 5.13. The Kier molecular flexibility index (Phi) is 4.19. The fourth-order valence-electron chi connectivity index (χ4n) is 2.68. The van der Waals surface area contributed by atoms with Crippen LogP contribution in [0.2, 0.25) is 0 Å². The molecule has 2 heterocycles. The van der Waals surface area contributed by atoms with E-state index in [1.807, 2.05) is 0 Å². The minimum Gasteiger partial charge on any atom is -0.329 e. The van der Waals surface area contributed by atoms with Gasteiger partial charge in [-0.25, -0.2) is 4.79 Å². The van der Waals surface area contributed by atoms with E-state index in [1.54, 1.807) is 0 Å². The normalized spacial score (nSPS) is 29.8. The van der Waals surface area contributed by atoms with E-state index in [4.69, 9.17) is 5.73 Å². The molecule has 0 aliphatic carbocycles. The van der Waals surface area contributed by atoms with Gasteiger partial charge in [0.1, 0.15) is 0 Å². The summed E-state index contributed by atoms with van der Waals surface area (Å²) in [5.74, 6) is 0.405. The third-order valence-electron chi connectivity index (χ3n) is 3.98. The van der Waals surface area contributed by atoms with Crippen LogP contribution < -0.4 is 11.1 Å². The summed E-state index contributed by atoms with van der Waals surface area (Å²) in [5, 5.41) is 2.53. The van der Waals surface area contributed by atoms with Crippen molar-refractivity contribution in [1.82, 2.24) is 15.1 Å². The van der Waals surface area contributed by atoms with Gasteiger partial charge < -0.3 is 16.0 Å². The number of nitrogens with zero attached hydrogens (tertiary/aromatic N) is 2. The Labute approximate surface area is 107 Å². The van der Waals surface area contributed by atoms with Crippen molar-refractivity contribution in [3.63, 3.8) is 0 Å². The van der Waals surface area contributed by atoms with Gasteiger partial charge in [-0.05, 0) is 18.9 Å². The van der Waals surface area contributed by atoms with Crippen molar-refractivity contribution in [3.8, 4) is 0 Å². The van der Waals surface area contributed by atoms with Crippen molar-refractivity contribution < 1.29 is 9.59 Å². The first-order chi connectivity index (χ1) is 8.61. The number of nitrogens with two attached hydrogens (primary N) is 1. The first kappa shape index (κ1) is 13.3. The quantitative estimate of drug-likeness (QED) is 0.669. The maximum atomic E-state index is 11.4. The highest BCUT2D eigenvalue weighted by molar-refractivity contribution is 6.01. The van der Waals surface area contributed by atoms with Crippen LogP contribution in [0.15, 0.2) is 0 Å². The van der Waals surface area contributed by atoms with Crippen molar-refractivity contribution in [2.24, 2.45) is 11.7 Å². The zero-order valence-electron chi connectivity index (χ0n) is 10.9. The zero-order chi connectivity index (χ0) is 13.1. The van der Waals surface area contributed by atoms with Gasteiger partial charge in [-0.3, -0.25) is 9.69 Å². The first-order valence-electron chi connectivity index (χ1n) is 6.68. The second-order valence-electron chi connectivity index (χ2n) is 5.13. The van der Waals surface area contributed by atoms with Crippen LogP contribution in [0, 0.1) is 5.92 Å². The molecule has 0 spiro atoms. The Bertz CT molecular complexity index is 318. The average Bonchev–Trinajstić information content (AvgIpc) is 2.68. The second kappa shape index (κ2) is 5.67. The molecule has 2 fully saturated rings. The van der Waals surface area contributed by atoms with Gasteiger partial charge in [0.2, 0.25) is 5.91 Å². The van der Waals surface area contributed by atoms with Gasteiger partial charge in [0.15, 0.2) is 0 Å². The number of hydrogen-bond donors (Lipinski definition) is 2. The van der Waals surface area contributed by atoms with Crippen LogP contribution in [-0.4, -0.2) is 60.5 Å². The minimum absolute atomic E-state index is 0.124. The van der Waals surface area contributed by atoms with Crippen LogP contribution in [0.25, 0.3) is 0 Å². The van der Waals surface area contributed by atoms with Gasteiger partial charge in [0.05, 0.1) is 6.54 Å². The molecular formula is C12H22N4O2. The molecule has 0 aromatic heterocycles. The minimum atomic E-state index is -0.263. The number of hydrogen-bond acceptors (Lipinski definition) is 4. The fourth-order valence-corrected chi connectivity index (χ4v) is 2.68. The largest absolute Gasteiger partial charge is 0.329 e. The average molecular weight is 254 g/mol. The molecule has 18 heavy (non-hydrogen) atoms. The number of urea groups is 1. The third kappa shape index (κ3) is 2.81. The fraction of sp³-hybridized carbons (Fsp3) is 0.833. The Balaban J connectivity index is 1.80. The van der Waals surface area contributed by atoms with E-state index >= 15 is 0 Å². The summed E-state index contributed by atoms with van der Waals surface area (Å²) in [6.45, 7) is 5.47. The predicted molar refractivity (Wildman–Crippen MR) is 67.9 cm³/mol. The molecule has 6 nitrogen and oxygen atoms in total. The lowest BCUT2D eigenvalue weighted by Crippen LogP contribution is -2.49. The topological polar surface area (TPSA) is 78.7 Å². The van der Waals surface area contributed by atoms with Gasteiger partial charge in [0, 0.05) is 25.7 Å². The molecule has 102 valence electrons. The van der Waals surface area contributed by atoms with Crippen LogP contribution in [0.4, 0.5) is 4.79 Å². The number of likely N-dealkylation sites (tertiary alicyclic amines) is 1. The summed E-state index contributed by atoms with van der Waals surface area (Å²) in [6, 6.07) is 0.0312. The molecule has 2 aliphatic rings. The molecule has 0 radical (unpaired) electrons. The zero-order valence-corrected chi connectivity index (χ0v) is 10.9. The third-order valence-corrected chi connectivity index (χ3v) is 3.98. The van der Waals surface area contributed by atoms with Crippen molar-refractivity contribution in [2.45, 2.75) is 25.8 Å². The molecule has 3 amide bonds. The Morgan fingerprint density at radius 2 is 2.17 bits per heavy atom. The number of amides is 3. The van der Waals surface area contributed by atoms with Gasteiger partial charge in [0.25, 0.3) is 0 Å².